The number of aryl methyl sites for hydroxylation is 2. The molecule has 2 aromatic rings. The standard InChI is InChI=1S/C23H31N3O4/c1-17-21(18(2)30-25-17)16-29-20-10-8-19(9-11-20)15-22(27)24-12-6-14-26-13-5-3-4-7-23(26)28/h8-11H,3-7,12-16H2,1-2H3,(H,24,27). The highest BCUT2D eigenvalue weighted by Crippen LogP contribution is 2.18. The van der Waals surface area contributed by atoms with Gasteiger partial charge in [-0.15, -0.1) is 0 Å². The van der Waals surface area contributed by atoms with Gasteiger partial charge in [0.2, 0.25) is 11.8 Å². The number of aromatic nitrogens is 1. The average Bonchev–Trinajstić information content (AvgIpc) is 2.92. The third kappa shape index (κ3) is 6.34. The third-order valence-electron chi connectivity index (χ3n) is 5.45. The molecule has 30 heavy (non-hydrogen) atoms. The molecule has 1 aliphatic rings. The van der Waals surface area contributed by atoms with Crippen molar-refractivity contribution in [2.45, 2.75) is 59.0 Å². The Labute approximate surface area is 177 Å². The molecule has 162 valence electrons. The minimum atomic E-state index is -0.0124. The van der Waals surface area contributed by atoms with Crippen molar-refractivity contribution in [2.24, 2.45) is 0 Å². The second kappa shape index (κ2) is 10.8. The normalized spacial score (nSPS) is 14.5. The summed E-state index contributed by atoms with van der Waals surface area (Å²) in [5.41, 5.74) is 2.72. The summed E-state index contributed by atoms with van der Waals surface area (Å²) in [6, 6.07) is 7.54. The first-order chi connectivity index (χ1) is 14.5. The van der Waals surface area contributed by atoms with Gasteiger partial charge in [0, 0.05) is 26.1 Å². The molecule has 1 N–H and O–H groups in total. The van der Waals surface area contributed by atoms with E-state index in [2.05, 4.69) is 10.5 Å². The van der Waals surface area contributed by atoms with Crippen LogP contribution in [0.4, 0.5) is 0 Å². The SMILES string of the molecule is Cc1noc(C)c1COc1ccc(CC(=O)NCCCN2CCCCCC2=O)cc1. The van der Waals surface area contributed by atoms with Gasteiger partial charge in [0.15, 0.2) is 0 Å². The molecule has 0 spiro atoms. The van der Waals surface area contributed by atoms with Crippen LogP contribution in [0.15, 0.2) is 28.8 Å². The first-order valence-corrected chi connectivity index (χ1v) is 10.7. The Morgan fingerprint density at radius 1 is 1.20 bits per heavy atom. The van der Waals surface area contributed by atoms with Crippen molar-refractivity contribution in [2.75, 3.05) is 19.6 Å². The lowest BCUT2D eigenvalue weighted by Gasteiger charge is -2.20. The van der Waals surface area contributed by atoms with Crippen molar-refractivity contribution in [3.63, 3.8) is 0 Å². The average molecular weight is 414 g/mol. The Kier molecular flexibility index (Phi) is 7.88. The molecule has 3 rings (SSSR count). The van der Waals surface area contributed by atoms with E-state index in [1.54, 1.807) is 0 Å². The maximum absolute atomic E-state index is 12.2. The van der Waals surface area contributed by atoms with Gasteiger partial charge in [-0.3, -0.25) is 9.59 Å². The van der Waals surface area contributed by atoms with Crippen molar-refractivity contribution in [1.29, 1.82) is 0 Å². The fraction of sp³-hybridized carbons (Fsp3) is 0.522. The fourth-order valence-corrected chi connectivity index (χ4v) is 3.59. The fourth-order valence-electron chi connectivity index (χ4n) is 3.59. The molecule has 1 fully saturated rings. The Morgan fingerprint density at radius 3 is 2.73 bits per heavy atom. The summed E-state index contributed by atoms with van der Waals surface area (Å²) in [6.07, 6.45) is 4.97. The Balaban J connectivity index is 1.36. The minimum absolute atomic E-state index is 0.0124. The molecule has 2 heterocycles. The van der Waals surface area contributed by atoms with Crippen molar-refractivity contribution in [3.05, 3.63) is 46.8 Å². The molecule has 1 aromatic heterocycles. The summed E-state index contributed by atoms with van der Waals surface area (Å²) < 4.78 is 10.9. The zero-order valence-electron chi connectivity index (χ0n) is 17.9. The predicted octanol–water partition coefficient (Wildman–Crippen LogP) is 3.32. The van der Waals surface area contributed by atoms with Crippen LogP contribution in [0.2, 0.25) is 0 Å². The monoisotopic (exact) mass is 413 g/mol. The lowest BCUT2D eigenvalue weighted by atomic mass is 10.1. The van der Waals surface area contributed by atoms with E-state index in [4.69, 9.17) is 9.26 Å². The number of likely N-dealkylation sites (tertiary alicyclic amines) is 1. The molecule has 0 unspecified atom stereocenters. The molecule has 0 radical (unpaired) electrons. The Bertz CT molecular complexity index is 825. The molecule has 2 amide bonds. The second-order valence-electron chi connectivity index (χ2n) is 7.81. The van der Waals surface area contributed by atoms with Crippen molar-refractivity contribution in [3.8, 4) is 5.75 Å². The van der Waals surface area contributed by atoms with Crippen LogP contribution < -0.4 is 10.1 Å². The highest BCUT2D eigenvalue weighted by molar-refractivity contribution is 5.78. The van der Waals surface area contributed by atoms with Gasteiger partial charge in [-0.25, -0.2) is 0 Å². The largest absolute Gasteiger partial charge is 0.489 e. The molecule has 1 aliphatic heterocycles. The Morgan fingerprint density at radius 2 is 2.00 bits per heavy atom. The second-order valence-corrected chi connectivity index (χ2v) is 7.81. The first kappa shape index (κ1) is 21.9. The van der Waals surface area contributed by atoms with Crippen LogP contribution in [-0.4, -0.2) is 41.5 Å². The quantitative estimate of drug-likeness (QED) is 0.638. The van der Waals surface area contributed by atoms with E-state index in [-0.39, 0.29) is 11.8 Å². The molecule has 7 nitrogen and oxygen atoms in total. The zero-order chi connectivity index (χ0) is 21.3. The van der Waals surface area contributed by atoms with Crippen LogP contribution in [0.1, 0.15) is 54.7 Å². The summed E-state index contributed by atoms with van der Waals surface area (Å²) in [7, 11) is 0. The summed E-state index contributed by atoms with van der Waals surface area (Å²) in [6.45, 7) is 6.31. The lowest BCUT2D eigenvalue weighted by Crippen LogP contribution is -2.34. The molecule has 0 bridgehead atoms. The van der Waals surface area contributed by atoms with Crippen LogP contribution >= 0.6 is 0 Å². The van der Waals surface area contributed by atoms with Crippen LogP contribution in [0, 0.1) is 13.8 Å². The molecule has 0 atom stereocenters. The molecular formula is C23H31N3O4. The van der Waals surface area contributed by atoms with Gasteiger partial charge in [-0.1, -0.05) is 23.7 Å². The van der Waals surface area contributed by atoms with Crippen LogP contribution in [0.3, 0.4) is 0 Å². The molecule has 0 saturated carbocycles. The number of ether oxygens (including phenoxy) is 1. The summed E-state index contributed by atoms with van der Waals surface area (Å²) in [5, 5.41) is 6.87. The maximum Gasteiger partial charge on any atom is 0.224 e. The van der Waals surface area contributed by atoms with E-state index < -0.39 is 0 Å². The molecule has 0 aliphatic carbocycles. The van der Waals surface area contributed by atoms with Crippen LogP contribution in [0.5, 0.6) is 5.75 Å². The molecule has 1 aromatic carbocycles. The number of carbonyl (C=O) groups excluding carboxylic acids is 2. The van der Waals surface area contributed by atoms with Gasteiger partial charge in [0.05, 0.1) is 17.7 Å². The van der Waals surface area contributed by atoms with Crippen molar-refractivity contribution >= 4 is 11.8 Å². The smallest absolute Gasteiger partial charge is 0.224 e. The number of rotatable bonds is 9. The van der Waals surface area contributed by atoms with Gasteiger partial charge < -0.3 is 19.5 Å². The number of hydrogen-bond donors (Lipinski definition) is 1. The van der Waals surface area contributed by atoms with Gasteiger partial charge in [0.1, 0.15) is 18.1 Å². The van der Waals surface area contributed by atoms with Gasteiger partial charge >= 0.3 is 0 Å². The first-order valence-electron chi connectivity index (χ1n) is 10.7. The lowest BCUT2D eigenvalue weighted by molar-refractivity contribution is -0.130. The predicted molar refractivity (Wildman–Crippen MR) is 113 cm³/mol. The van der Waals surface area contributed by atoms with E-state index in [0.717, 1.165) is 67.1 Å². The summed E-state index contributed by atoms with van der Waals surface area (Å²) in [4.78, 5) is 26.1. The number of hydrogen-bond acceptors (Lipinski definition) is 5. The van der Waals surface area contributed by atoms with Gasteiger partial charge in [-0.2, -0.15) is 0 Å². The van der Waals surface area contributed by atoms with E-state index in [9.17, 15) is 9.59 Å². The molecule has 1 saturated heterocycles. The number of benzene rings is 1. The molecule has 7 heteroatoms. The number of nitrogens with zero attached hydrogens (tertiary/aromatic N) is 2. The zero-order valence-corrected chi connectivity index (χ0v) is 17.9. The van der Waals surface area contributed by atoms with E-state index in [1.165, 1.54) is 0 Å². The van der Waals surface area contributed by atoms with E-state index in [0.29, 0.717) is 26.0 Å². The number of amides is 2. The van der Waals surface area contributed by atoms with Crippen molar-refractivity contribution < 1.29 is 18.8 Å². The summed E-state index contributed by atoms with van der Waals surface area (Å²) in [5.74, 6) is 1.74. The third-order valence-corrected chi connectivity index (χ3v) is 5.45. The maximum atomic E-state index is 12.2. The molecular weight excluding hydrogens is 382 g/mol. The minimum Gasteiger partial charge on any atom is -0.489 e. The van der Waals surface area contributed by atoms with Crippen LogP contribution in [-0.2, 0) is 22.6 Å². The number of carbonyl (C=O) groups is 2. The topological polar surface area (TPSA) is 84.7 Å². The van der Waals surface area contributed by atoms with E-state index >= 15 is 0 Å². The summed E-state index contributed by atoms with van der Waals surface area (Å²) >= 11 is 0. The van der Waals surface area contributed by atoms with Crippen molar-refractivity contribution in [1.82, 2.24) is 15.4 Å². The highest BCUT2D eigenvalue weighted by atomic mass is 16.5. The van der Waals surface area contributed by atoms with Gasteiger partial charge in [0.25, 0.3) is 0 Å². The Hall–Kier alpha value is -2.83. The van der Waals surface area contributed by atoms with E-state index in [1.807, 2.05) is 43.0 Å². The number of nitrogens with one attached hydrogen (secondary N) is 1. The van der Waals surface area contributed by atoms with Crippen LogP contribution in [0.25, 0.3) is 0 Å². The highest BCUT2D eigenvalue weighted by Gasteiger charge is 2.15. The van der Waals surface area contributed by atoms with Gasteiger partial charge in [-0.05, 0) is 50.8 Å².